The van der Waals surface area contributed by atoms with Crippen LogP contribution in [-0.2, 0) is 11.3 Å². The van der Waals surface area contributed by atoms with Crippen LogP contribution in [0.1, 0.15) is 37.9 Å². The van der Waals surface area contributed by atoms with Crippen LogP contribution in [0.3, 0.4) is 0 Å². The van der Waals surface area contributed by atoms with Crippen molar-refractivity contribution in [2.24, 2.45) is 0 Å². The number of imidazole rings is 1. The maximum atomic E-state index is 6.27. The average Bonchev–Trinajstić information content (AvgIpc) is 2.85. The molecule has 0 aliphatic heterocycles. The fraction of sp³-hybridized carbons (Fsp3) is 0.562. The minimum Gasteiger partial charge on any atom is -0.497 e. The maximum absolute atomic E-state index is 6.27. The summed E-state index contributed by atoms with van der Waals surface area (Å²) in [5.41, 5.74) is 2.01. The number of aryl methyl sites for hydroxylation is 1. The van der Waals surface area contributed by atoms with Gasteiger partial charge in [0, 0.05) is 25.8 Å². The van der Waals surface area contributed by atoms with Gasteiger partial charge in [0.2, 0.25) is 0 Å². The number of rotatable bonds is 8. The second kappa shape index (κ2) is 7.66. The van der Waals surface area contributed by atoms with E-state index in [-0.39, 0.29) is 5.38 Å². The van der Waals surface area contributed by atoms with Crippen molar-refractivity contribution in [3.63, 3.8) is 0 Å². The molecule has 5 heteroatoms. The average molecular weight is 311 g/mol. The molecule has 0 bridgehead atoms. The summed E-state index contributed by atoms with van der Waals surface area (Å²) >= 11 is 6.27. The van der Waals surface area contributed by atoms with Crippen molar-refractivity contribution in [2.45, 2.75) is 38.6 Å². The highest BCUT2D eigenvalue weighted by Crippen LogP contribution is 2.27. The molecule has 21 heavy (non-hydrogen) atoms. The minimum absolute atomic E-state index is 0.125. The Labute approximate surface area is 131 Å². The largest absolute Gasteiger partial charge is 0.497 e. The number of hydrogen-bond acceptors (Lipinski definition) is 3. The molecule has 1 atom stereocenters. The van der Waals surface area contributed by atoms with E-state index in [4.69, 9.17) is 21.1 Å². The van der Waals surface area contributed by atoms with E-state index in [0.717, 1.165) is 55.2 Å². The van der Waals surface area contributed by atoms with Crippen LogP contribution in [0.2, 0.25) is 0 Å². The third-order valence-corrected chi connectivity index (χ3v) is 3.55. The van der Waals surface area contributed by atoms with E-state index in [0.29, 0.717) is 0 Å². The molecular formula is C16H23ClN2O2. The Morgan fingerprint density at radius 3 is 2.81 bits per heavy atom. The van der Waals surface area contributed by atoms with Gasteiger partial charge in [-0.3, -0.25) is 0 Å². The number of alkyl halides is 1. The molecule has 0 spiro atoms. The Hall–Kier alpha value is -1.26. The van der Waals surface area contributed by atoms with Crippen molar-refractivity contribution in [3.8, 4) is 5.75 Å². The van der Waals surface area contributed by atoms with Crippen molar-refractivity contribution >= 4 is 22.6 Å². The molecule has 0 fully saturated rings. The molecule has 0 aliphatic rings. The lowest BCUT2D eigenvalue weighted by molar-refractivity contribution is 0.129. The Morgan fingerprint density at radius 1 is 1.33 bits per heavy atom. The molecule has 4 nitrogen and oxygen atoms in total. The Balaban J connectivity index is 2.20. The van der Waals surface area contributed by atoms with E-state index >= 15 is 0 Å². The SMILES string of the molecule is CCCOCCCn1c(C(C)Cl)nc2cc(OC)ccc21. The number of aromatic nitrogens is 2. The summed E-state index contributed by atoms with van der Waals surface area (Å²) in [6, 6.07) is 5.94. The summed E-state index contributed by atoms with van der Waals surface area (Å²) in [6.45, 7) is 6.51. The number of benzene rings is 1. The predicted molar refractivity (Wildman–Crippen MR) is 86.3 cm³/mol. The Kier molecular flexibility index (Phi) is 5.88. The van der Waals surface area contributed by atoms with E-state index in [1.165, 1.54) is 0 Å². The molecule has 1 heterocycles. The summed E-state index contributed by atoms with van der Waals surface area (Å²) in [4.78, 5) is 4.65. The highest BCUT2D eigenvalue weighted by Gasteiger charge is 2.15. The zero-order chi connectivity index (χ0) is 15.2. The summed E-state index contributed by atoms with van der Waals surface area (Å²) in [7, 11) is 1.66. The maximum Gasteiger partial charge on any atom is 0.127 e. The number of fused-ring (bicyclic) bond motifs is 1. The van der Waals surface area contributed by atoms with Crippen LogP contribution >= 0.6 is 11.6 Å². The monoisotopic (exact) mass is 310 g/mol. The van der Waals surface area contributed by atoms with Crippen molar-refractivity contribution in [1.29, 1.82) is 0 Å². The number of nitrogens with zero attached hydrogens (tertiary/aromatic N) is 2. The van der Waals surface area contributed by atoms with Crippen LogP contribution in [-0.4, -0.2) is 29.9 Å². The van der Waals surface area contributed by atoms with Crippen molar-refractivity contribution in [2.75, 3.05) is 20.3 Å². The zero-order valence-corrected chi connectivity index (χ0v) is 13.7. The van der Waals surface area contributed by atoms with Crippen LogP contribution in [0.25, 0.3) is 11.0 Å². The molecule has 2 aromatic rings. The molecule has 0 saturated carbocycles. The molecule has 0 amide bonds. The van der Waals surface area contributed by atoms with Gasteiger partial charge in [0.25, 0.3) is 0 Å². The normalized spacial score (nSPS) is 12.8. The molecule has 0 radical (unpaired) electrons. The molecule has 1 unspecified atom stereocenters. The van der Waals surface area contributed by atoms with Gasteiger partial charge in [0.1, 0.15) is 11.6 Å². The lowest BCUT2D eigenvalue weighted by atomic mass is 10.3. The van der Waals surface area contributed by atoms with Gasteiger partial charge < -0.3 is 14.0 Å². The fourth-order valence-corrected chi connectivity index (χ4v) is 2.53. The van der Waals surface area contributed by atoms with Crippen LogP contribution in [0.5, 0.6) is 5.75 Å². The lowest BCUT2D eigenvalue weighted by Gasteiger charge is -2.10. The van der Waals surface area contributed by atoms with Crippen LogP contribution in [0.15, 0.2) is 18.2 Å². The quantitative estimate of drug-likeness (QED) is 0.542. The molecule has 0 aliphatic carbocycles. The molecule has 1 aromatic heterocycles. The zero-order valence-electron chi connectivity index (χ0n) is 12.9. The van der Waals surface area contributed by atoms with E-state index in [9.17, 15) is 0 Å². The number of ether oxygens (including phenoxy) is 2. The minimum atomic E-state index is -0.125. The summed E-state index contributed by atoms with van der Waals surface area (Å²) in [6.07, 6.45) is 2.01. The summed E-state index contributed by atoms with van der Waals surface area (Å²) in [5, 5.41) is -0.125. The molecule has 2 rings (SSSR count). The molecule has 116 valence electrons. The highest BCUT2D eigenvalue weighted by atomic mass is 35.5. The van der Waals surface area contributed by atoms with Crippen LogP contribution in [0.4, 0.5) is 0 Å². The highest BCUT2D eigenvalue weighted by molar-refractivity contribution is 6.20. The van der Waals surface area contributed by atoms with E-state index in [2.05, 4.69) is 16.5 Å². The standard InChI is InChI=1S/C16H23ClN2O2/c1-4-9-21-10-5-8-19-15-7-6-13(20-3)11-14(15)18-16(19)12(2)17/h6-7,11-12H,4-5,8-10H2,1-3H3. The van der Waals surface area contributed by atoms with E-state index < -0.39 is 0 Å². The first-order valence-electron chi connectivity index (χ1n) is 7.43. The topological polar surface area (TPSA) is 36.3 Å². The van der Waals surface area contributed by atoms with Gasteiger partial charge in [-0.1, -0.05) is 6.92 Å². The van der Waals surface area contributed by atoms with Crippen molar-refractivity contribution in [1.82, 2.24) is 9.55 Å². The molecular weight excluding hydrogens is 288 g/mol. The van der Waals surface area contributed by atoms with Crippen molar-refractivity contribution in [3.05, 3.63) is 24.0 Å². The molecule has 0 saturated heterocycles. The van der Waals surface area contributed by atoms with Gasteiger partial charge in [0.05, 0.1) is 23.5 Å². The van der Waals surface area contributed by atoms with Gasteiger partial charge in [-0.05, 0) is 31.9 Å². The van der Waals surface area contributed by atoms with E-state index in [1.54, 1.807) is 7.11 Å². The lowest BCUT2D eigenvalue weighted by Crippen LogP contribution is -2.07. The van der Waals surface area contributed by atoms with Gasteiger partial charge in [-0.15, -0.1) is 11.6 Å². The van der Waals surface area contributed by atoms with Crippen LogP contribution in [0, 0.1) is 0 Å². The third kappa shape index (κ3) is 3.89. The Bertz CT molecular complexity index is 581. The first kappa shape index (κ1) is 16.1. The summed E-state index contributed by atoms with van der Waals surface area (Å²) in [5.74, 6) is 1.71. The third-order valence-electron chi connectivity index (χ3n) is 3.36. The second-order valence-electron chi connectivity index (χ2n) is 5.06. The van der Waals surface area contributed by atoms with Crippen molar-refractivity contribution < 1.29 is 9.47 Å². The van der Waals surface area contributed by atoms with Gasteiger partial charge in [0.15, 0.2) is 0 Å². The van der Waals surface area contributed by atoms with E-state index in [1.807, 2.05) is 25.1 Å². The van der Waals surface area contributed by atoms with Gasteiger partial charge in [-0.2, -0.15) is 0 Å². The first-order valence-corrected chi connectivity index (χ1v) is 7.87. The van der Waals surface area contributed by atoms with Gasteiger partial charge >= 0.3 is 0 Å². The smallest absolute Gasteiger partial charge is 0.127 e. The number of methoxy groups -OCH3 is 1. The molecule has 1 aromatic carbocycles. The number of halogens is 1. The molecule has 0 N–H and O–H groups in total. The first-order chi connectivity index (χ1) is 10.2. The number of hydrogen-bond donors (Lipinski definition) is 0. The predicted octanol–water partition coefficient (Wildman–Crippen LogP) is 4.16. The summed E-state index contributed by atoms with van der Waals surface area (Å²) < 4.78 is 13.0. The second-order valence-corrected chi connectivity index (χ2v) is 5.71. The van der Waals surface area contributed by atoms with Crippen LogP contribution < -0.4 is 4.74 Å². The Morgan fingerprint density at radius 2 is 2.14 bits per heavy atom. The fourth-order valence-electron chi connectivity index (χ4n) is 2.37. The van der Waals surface area contributed by atoms with Gasteiger partial charge in [-0.25, -0.2) is 4.98 Å².